The molecule has 4 aromatic rings. The highest BCUT2D eigenvalue weighted by Gasteiger charge is 2.30. The molecule has 0 aliphatic heterocycles. The first kappa shape index (κ1) is 32.1. The molecule has 2 amide bonds. The van der Waals surface area contributed by atoms with Gasteiger partial charge >= 0.3 is 14.7 Å². The van der Waals surface area contributed by atoms with Crippen molar-refractivity contribution in [2.45, 2.75) is 26.2 Å². The highest BCUT2D eigenvalue weighted by Crippen LogP contribution is 2.40. The zero-order valence-corrected chi connectivity index (χ0v) is 26.4. The maximum atomic E-state index is 13.2. The lowest BCUT2D eigenvalue weighted by Crippen LogP contribution is -2.31. The molecule has 2 aromatic carbocycles. The van der Waals surface area contributed by atoms with Gasteiger partial charge in [-0.2, -0.15) is 9.79 Å². The molecule has 1 fully saturated rings. The van der Waals surface area contributed by atoms with Crippen LogP contribution >= 0.6 is 8.69 Å². The third-order valence-electron chi connectivity index (χ3n) is 7.22. The van der Waals surface area contributed by atoms with Crippen LogP contribution in [0.15, 0.2) is 59.7 Å². The molecule has 0 spiro atoms. The maximum Gasteiger partial charge on any atom is 0.339 e. The molecule has 238 valence electrons. The third kappa shape index (κ3) is 7.16. The average Bonchev–Trinajstić information content (AvgIpc) is 3.85. The molecule has 0 atom stereocenters. The molecule has 15 nitrogen and oxygen atoms in total. The van der Waals surface area contributed by atoms with E-state index < -0.39 is 20.6 Å². The quantitative estimate of drug-likeness (QED) is 0.177. The van der Waals surface area contributed by atoms with Gasteiger partial charge in [0.15, 0.2) is 12.5 Å². The first-order valence-electron chi connectivity index (χ1n) is 14.1. The van der Waals surface area contributed by atoms with Crippen LogP contribution in [0.1, 0.15) is 39.1 Å². The Labute approximate surface area is 265 Å². The zero-order valence-electron chi connectivity index (χ0n) is 25.5. The van der Waals surface area contributed by atoms with Crippen LogP contribution in [0.5, 0.6) is 5.75 Å². The summed E-state index contributed by atoms with van der Waals surface area (Å²) in [6.07, 6.45) is 2.98. The molecule has 0 radical (unpaired) electrons. The Morgan fingerprint density at radius 1 is 1.13 bits per heavy atom. The second-order valence-corrected chi connectivity index (χ2v) is 10.7. The second kappa shape index (κ2) is 14.2. The summed E-state index contributed by atoms with van der Waals surface area (Å²) in [6.45, 7) is -0.215. The lowest BCUT2D eigenvalue weighted by atomic mass is 10.1. The number of amides is 2. The first-order valence-corrected chi connectivity index (χ1v) is 14.9. The van der Waals surface area contributed by atoms with Crippen LogP contribution in [0.3, 0.4) is 0 Å². The van der Waals surface area contributed by atoms with Crippen LogP contribution < -0.4 is 20.4 Å². The Balaban J connectivity index is 1.54. The van der Waals surface area contributed by atoms with Crippen molar-refractivity contribution in [2.75, 3.05) is 26.1 Å². The molecular formula is C30H31N8O7P. The summed E-state index contributed by atoms with van der Waals surface area (Å²) in [5.41, 5.74) is 2.95. The van der Waals surface area contributed by atoms with Crippen molar-refractivity contribution in [3.63, 3.8) is 0 Å². The number of esters is 1. The fraction of sp³-hybridized carbons (Fsp3) is 0.300. The van der Waals surface area contributed by atoms with Gasteiger partial charge < -0.3 is 19.7 Å². The van der Waals surface area contributed by atoms with E-state index >= 15 is 0 Å². The maximum absolute atomic E-state index is 13.2. The molecule has 16 heteroatoms. The van der Waals surface area contributed by atoms with E-state index in [0.717, 1.165) is 18.4 Å². The molecule has 0 bridgehead atoms. The van der Waals surface area contributed by atoms with Gasteiger partial charge in [0.25, 0.3) is 11.8 Å². The standard InChI is InChI=1S/C30H31N8O7P/c1-31-29(40)22-15-38(17-44-30(41)20-10-8-18(9-11-20)16-45-46-42)25(32-28(39)19-12-13-19)14-24(22)36(2)23-7-5-6-21(26(23)43-4)27-33-35-37(3)34-27/h5-11,14-15,19H,12-13,16-17H2,1-4H3,(H,31,40). The monoisotopic (exact) mass is 646 g/mol. The van der Waals surface area contributed by atoms with Crippen molar-refractivity contribution >= 4 is 37.8 Å². The number of hydrogen-bond donors (Lipinski definition) is 1. The summed E-state index contributed by atoms with van der Waals surface area (Å²) in [4.78, 5) is 46.5. The number of carbonyl (C=O) groups is 3. The molecular weight excluding hydrogens is 615 g/mol. The predicted octanol–water partition coefficient (Wildman–Crippen LogP) is 3.19. The van der Waals surface area contributed by atoms with Gasteiger partial charge in [0.2, 0.25) is 5.82 Å². The van der Waals surface area contributed by atoms with E-state index in [1.54, 1.807) is 67.5 Å². The first-order chi connectivity index (χ1) is 22.2. The Morgan fingerprint density at radius 3 is 2.52 bits per heavy atom. The van der Waals surface area contributed by atoms with Gasteiger partial charge in [-0.05, 0) is 47.9 Å². The Morgan fingerprint density at radius 2 is 1.89 bits per heavy atom. The highest BCUT2D eigenvalue weighted by molar-refractivity contribution is 7.17. The number of pyridine rings is 1. The number of nitrogens with one attached hydrogen (secondary N) is 1. The van der Waals surface area contributed by atoms with Crippen LogP contribution in [-0.4, -0.2) is 63.8 Å². The van der Waals surface area contributed by atoms with Gasteiger partial charge in [-0.15, -0.1) is 10.2 Å². The zero-order chi connectivity index (χ0) is 32.8. The van der Waals surface area contributed by atoms with Crippen molar-refractivity contribution in [1.29, 1.82) is 0 Å². The van der Waals surface area contributed by atoms with Gasteiger partial charge in [0, 0.05) is 32.3 Å². The number of rotatable bonds is 12. The van der Waals surface area contributed by atoms with E-state index in [1.165, 1.54) is 29.7 Å². The number of methoxy groups -OCH3 is 1. The van der Waals surface area contributed by atoms with Gasteiger partial charge in [0.1, 0.15) is 5.49 Å². The smallest absolute Gasteiger partial charge is 0.339 e. The van der Waals surface area contributed by atoms with Crippen LogP contribution in [0.2, 0.25) is 0 Å². The number of aryl methyl sites for hydroxylation is 1. The number of ether oxygens (including phenoxy) is 2. The largest absolute Gasteiger partial charge is 0.494 e. The summed E-state index contributed by atoms with van der Waals surface area (Å²) >= 11 is 0. The Kier molecular flexibility index (Phi) is 9.94. The lowest BCUT2D eigenvalue weighted by Gasteiger charge is -2.25. The Hall–Kier alpha value is -5.27. The fourth-order valence-corrected chi connectivity index (χ4v) is 4.84. The predicted molar refractivity (Wildman–Crippen MR) is 164 cm³/mol. The lowest BCUT2D eigenvalue weighted by molar-refractivity contribution is -0.119. The van der Waals surface area contributed by atoms with E-state index in [4.69, 9.17) is 14.0 Å². The number of tetrazole rings is 1. The molecule has 2 aromatic heterocycles. The molecule has 1 N–H and O–H groups in total. The van der Waals surface area contributed by atoms with Crippen LogP contribution in [0.4, 0.5) is 11.4 Å². The SMILES string of the molecule is CNC(=O)c1cn(COC(=O)c2ccc(COP=O)cc2)c(=NC(=O)C2CC2)cc1N(C)c1cccc(-c2nnn(C)n2)c1OC. The molecule has 1 saturated carbocycles. The number of benzene rings is 2. The molecule has 1 aliphatic rings. The number of para-hydroxylation sites is 1. The minimum atomic E-state index is -0.636. The minimum Gasteiger partial charge on any atom is -0.494 e. The number of carbonyl (C=O) groups excluding carboxylic acids is 3. The molecule has 0 unspecified atom stereocenters. The molecule has 2 heterocycles. The van der Waals surface area contributed by atoms with Gasteiger partial charge in [-0.3, -0.25) is 18.7 Å². The summed E-state index contributed by atoms with van der Waals surface area (Å²) in [7, 11) is 5.98. The molecule has 1 aliphatic carbocycles. The fourth-order valence-electron chi connectivity index (χ4n) is 4.64. The van der Waals surface area contributed by atoms with E-state index in [-0.39, 0.29) is 41.8 Å². The van der Waals surface area contributed by atoms with Crippen molar-refractivity contribution in [3.05, 3.63) is 76.9 Å². The van der Waals surface area contributed by atoms with E-state index in [9.17, 15) is 18.9 Å². The average molecular weight is 647 g/mol. The highest BCUT2D eigenvalue weighted by atomic mass is 31.1. The summed E-state index contributed by atoms with van der Waals surface area (Å²) in [5, 5.41) is 15.0. The summed E-state index contributed by atoms with van der Waals surface area (Å²) < 4.78 is 28.2. The van der Waals surface area contributed by atoms with Gasteiger partial charge in [-0.1, -0.05) is 18.2 Å². The van der Waals surface area contributed by atoms with Gasteiger partial charge in [-0.25, -0.2) is 9.36 Å². The number of aromatic nitrogens is 5. The molecule has 46 heavy (non-hydrogen) atoms. The van der Waals surface area contributed by atoms with Gasteiger partial charge in [0.05, 0.1) is 48.8 Å². The van der Waals surface area contributed by atoms with Crippen molar-refractivity contribution < 1.29 is 32.9 Å². The third-order valence-corrected chi connectivity index (χ3v) is 7.46. The number of nitrogens with zero attached hydrogens (tertiary/aromatic N) is 7. The van der Waals surface area contributed by atoms with E-state index in [0.29, 0.717) is 28.5 Å². The van der Waals surface area contributed by atoms with Crippen LogP contribution in [-0.2, 0) is 39.0 Å². The van der Waals surface area contributed by atoms with Crippen molar-refractivity contribution in [2.24, 2.45) is 18.0 Å². The topological polar surface area (TPSA) is 172 Å². The molecule has 5 rings (SSSR count). The van der Waals surface area contributed by atoms with Crippen LogP contribution in [0.25, 0.3) is 11.4 Å². The molecule has 0 saturated heterocycles. The number of anilines is 2. The summed E-state index contributed by atoms with van der Waals surface area (Å²) in [5.74, 6) is -0.749. The normalized spacial score (nSPS) is 13.0. The Bertz CT molecular complexity index is 1850. The summed E-state index contributed by atoms with van der Waals surface area (Å²) in [6, 6.07) is 13.4. The van der Waals surface area contributed by atoms with E-state index in [1.807, 2.05) is 0 Å². The van der Waals surface area contributed by atoms with Crippen LogP contribution in [0, 0.1) is 5.92 Å². The second-order valence-electron chi connectivity index (χ2n) is 10.3. The minimum absolute atomic E-state index is 0.118. The van der Waals surface area contributed by atoms with E-state index in [2.05, 4.69) is 25.7 Å². The van der Waals surface area contributed by atoms with Crippen molar-refractivity contribution in [1.82, 2.24) is 30.1 Å². The number of hydrogen-bond acceptors (Lipinski definition) is 11. The van der Waals surface area contributed by atoms with Crippen molar-refractivity contribution in [3.8, 4) is 17.1 Å².